The number of hydrogen-bond donors (Lipinski definition) is 1. The average molecular weight is 416 g/mol. The molecule has 3 aromatic rings. The van der Waals surface area contributed by atoms with E-state index in [1.165, 1.54) is 23.5 Å². The van der Waals surface area contributed by atoms with Crippen LogP contribution in [-0.2, 0) is 9.84 Å². The lowest BCUT2D eigenvalue weighted by Crippen LogP contribution is -2.28. The summed E-state index contributed by atoms with van der Waals surface area (Å²) in [5.74, 6) is -0.419. The zero-order chi connectivity index (χ0) is 20.1. The zero-order valence-corrected chi connectivity index (χ0v) is 17.3. The SMILES string of the molecule is CCCS(=O)(=O)c1ccccc1C(=O)NC(C)c1nc(-c2ccncc2)cs1. The van der Waals surface area contributed by atoms with Crippen LogP contribution in [0.25, 0.3) is 11.3 Å². The molecule has 6 nitrogen and oxygen atoms in total. The quantitative estimate of drug-likeness (QED) is 0.632. The Morgan fingerprint density at radius 2 is 1.89 bits per heavy atom. The molecule has 3 rings (SSSR count). The molecule has 1 unspecified atom stereocenters. The first-order valence-electron chi connectivity index (χ1n) is 8.91. The Balaban J connectivity index is 1.80. The molecule has 28 heavy (non-hydrogen) atoms. The van der Waals surface area contributed by atoms with Gasteiger partial charge in [-0.05, 0) is 37.6 Å². The Morgan fingerprint density at radius 1 is 1.18 bits per heavy atom. The van der Waals surface area contributed by atoms with E-state index in [0.29, 0.717) is 6.42 Å². The van der Waals surface area contributed by atoms with Gasteiger partial charge in [0.25, 0.3) is 5.91 Å². The van der Waals surface area contributed by atoms with Crippen molar-refractivity contribution in [3.8, 4) is 11.3 Å². The molecular weight excluding hydrogens is 394 g/mol. The topological polar surface area (TPSA) is 89.0 Å². The fourth-order valence-corrected chi connectivity index (χ4v) is 5.16. The van der Waals surface area contributed by atoms with E-state index in [2.05, 4.69) is 15.3 Å². The van der Waals surface area contributed by atoms with Crippen molar-refractivity contribution in [3.63, 3.8) is 0 Å². The van der Waals surface area contributed by atoms with E-state index in [9.17, 15) is 13.2 Å². The minimum atomic E-state index is -3.50. The van der Waals surface area contributed by atoms with Gasteiger partial charge in [0, 0.05) is 23.3 Å². The number of thiazole rings is 1. The summed E-state index contributed by atoms with van der Waals surface area (Å²) in [7, 11) is -3.50. The smallest absolute Gasteiger partial charge is 0.253 e. The molecule has 0 aliphatic rings. The highest BCUT2D eigenvalue weighted by Gasteiger charge is 2.23. The highest BCUT2D eigenvalue weighted by Crippen LogP contribution is 2.26. The molecule has 8 heteroatoms. The molecule has 0 bridgehead atoms. The van der Waals surface area contributed by atoms with Crippen molar-refractivity contribution in [2.24, 2.45) is 0 Å². The maximum absolute atomic E-state index is 12.8. The van der Waals surface area contributed by atoms with Crippen LogP contribution in [0.1, 0.15) is 41.7 Å². The molecule has 0 spiro atoms. The molecule has 0 radical (unpaired) electrons. The molecule has 2 heterocycles. The number of benzene rings is 1. The summed E-state index contributed by atoms with van der Waals surface area (Å²) in [5, 5.41) is 5.53. The standard InChI is InChI=1S/C20H21N3O3S2/c1-3-12-28(25,26)18-7-5-4-6-16(18)19(24)22-14(2)20-23-17(13-27-20)15-8-10-21-11-9-15/h4-11,13-14H,3,12H2,1-2H3,(H,22,24). The van der Waals surface area contributed by atoms with Crippen LogP contribution in [0, 0.1) is 0 Å². The Labute approximate surface area is 168 Å². The second-order valence-electron chi connectivity index (χ2n) is 6.32. The normalized spacial score (nSPS) is 12.5. The number of rotatable bonds is 7. The van der Waals surface area contributed by atoms with Gasteiger partial charge in [-0.2, -0.15) is 0 Å². The lowest BCUT2D eigenvalue weighted by atomic mass is 10.2. The Morgan fingerprint density at radius 3 is 2.61 bits per heavy atom. The van der Waals surface area contributed by atoms with E-state index in [1.807, 2.05) is 24.4 Å². The van der Waals surface area contributed by atoms with Gasteiger partial charge in [0.2, 0.25) is 0 Å². The molecule has 1 amide bonds. The van der Waals surface area contributed by atoms with Crippen molar-refractivity contribution < 1.29 is 13.2 Å². The van der Waals surface area contributed by atoms with Crippen LogP contribution in [0.5, 0.6) is 0 Å². The van der Waals surface area contributed by atoms with E-state index in [4.69, 9.17) is 0 Å². The summed E-state index contributed by atoms with van der Waals surface area (Å²) in [6.07, 6.45) is 3.89. The van der Waals surface area contributed by atoms with Gasteiger partial charge in [0.05, 0.1) is 27.9 Å². The molecule has 0 saturated heterocycles. The highest BCUT2D eigenvalue weighted by atomic mass is 32.2. The second kappa shape index (κ2) is 8.62. The Hall–Kier alpha value is -2.58. The number of carbonyl (C=O) groups excluding carboxylic acids is 1. The lowest BCUT2D eigenvalue weighted by Gasteiger charge is -2.14. The van der Waals surface area contributed by atoms with Gasteiger partial charge in [0.15, 0.2) is 9.84 Å². The van der Waals surface area contributed by atoms with Crippen LogP contribution in [0.4, 0.5) is 0 Å². The summed E-state index contributed by atoms with van der Waals surface area (Å²) in [6.45, 7) is 3.63. The minimum Gasteiger partial charge on any atom is -0.343 e. The number of aromatic nitrogens is 2. The number of nitrogens with zero attached hydrogens (tertiary/aromatic N) is 2. The van der Waals surface area contributed by atoms with Gasteiger partial charge in [-0.15, -0.1) is 11.3 Å². The fraction of sp³-hybridized carbons (Fsp3) is 0.250. The third-order valence-electron chi connectivity index (χ3n) is 4.16. The summed E-state index contributed by atoms with van der Waals surface area (Å²) >= 11 is 1.44. The summed E-state index contributed by atoms with van der Waals surface area (Å²) < 4.78 is 25.0. The van der Waals surface area contributed by atoms with Crippen LogP contribution >= 0.6 is 11.3 Å². The van der Waals surface area contributed by atoms with Gasteiger partial charge in [0.1, 0.15) is 5.01 Å². The van der Waals surface area contributed by atoms with Crippen molar-refractivity contribution in [1.29, 1.82) is 0 Å². The van der Waals surface area contributed by atoms with Crippen molar-refractivity contribution >= 4 is 27.1 Å². The van der Waals surface area contributed by atoms with Crippen LogP contribution < -0.4 is 5.32 Å². The van der Waals surface area contributed by atoms with E-state index in [-0.39, 0.29) is 22.3 Å². The summed E-state index contributed by atoms with van der Waals surface area (Å²) in [4.78, 5) is 21.4. The maximum Gasteiger partial charge on any atom is 0.253 e. The first kappa shape index (κ1) is 20.2. The van der Waals surface area contributed by atoms with E-state index >= 15 is 0 Å². The minimum absolute atomic E-state index is 0.00855. The van der Waals surface area contributed by atoms with Crippen LogP contribution in [0.3, 0.4) is 0 Å². The van der Waals surface area contributed by atoms with Crippen molar-refractivity contribution in [2.45, 2.75) is 31.2 Å². The summed E-state index contributed by atoms with van der Waals surface area (Å²) in [6, 6.07) is 9.70. The highest BCUT2D eigenvalue weighted by molar-refractivity contribution is 7.91. The molecule has 146 valence electrons. The lowest BCUT2D eigenvalue weighted by molar-refractivity contribution is 0.0936. The monoisotopic (exact) mass is 415 g/mol. The van der Waals surface area contributed by atoms with Crippen LogP contribution in [-0.4, -0.2) is 30.0 Å². The zero-order valence-electron chi connectivity index (χ0n) is 15.6. The summed E-state index contributed by atoms with van der Waals surface area (Å²) in [5.41, 5.74) is 1.93. The largest absolute Gasteiger partial charge is 0.343 e. The van der Waals surface area contributed by atoms with E-state index < -0.39 is 15.7 Å². The molecule has 2 aromatic heterocycles. The molecule has 1 aromatic carbocycles. The van der Waals surface area contributed by atoms with Crippen molar-refractivity contribution in [1.82, 2.24) is 15.3 Å². The molecule has 0 aliphatic carbocycles. The predicted octanol–water partition coefficient (Wildman–Crippen LogP) is 3.88. The molecule has 0 aliphatic heterocycles. The number of amides is 1. The maximum atomic E-state index is 12.8. The number of hydrogen-bond acceptors (Lipinski definition) is 6. The fourth-order valence-electron chi connectivity index (χ4n) is 2.78. The Kier molecular flexibility index (Phi) is 6.21. The van der Waals surface area contributed by atoms with Crippen molar-refractivity contribution in [2.75, 3.05) is 5.75 Å². The molecule has 1 atom stereocenters. The third-order valence-corrected chi connectivity index (χ3v) is 7.15. The number of sulfone groups is 1. The van der Waals surface area contributed by atoms with E-state index in [0.717, 1.165) is 16.3 Å². The predicted molar refractivity (Wildman–Crippen MR) is 110 cm³/mol. The van der Waals surface area contributed by atoms with Gasteiger partial charge >= 0.3 is 0 Å². The van der Waals surface area contributed by atoms with Gasteiger partial charge in [-0.25, -0.2) is 13.4 Å². The van der Waals surface area contributed by atoms with Crippen LogP contribution in [0.2, 0.25) is 0 Å². The first-order chi connectivity index (χ1) is 13.4. The second-order valence-corrected chi connectivity index (χ2v) is 9.28. The van der Waals surface area contributed by atoms with Gasteiger partial charge in [-0.1, -0.05) is 19.1 Å². The first-order valence-corrected chi connectivity index (χ1v) is 11.4. The molecular formula is C20H21N3O3S2. The number of nitrogens with one attached hydrogen (secondary N) is 1. The average Bonchev–Trinajstić information content (AvgIpc) is 3.19. The molecule has 0 saturated carbocycles. The number of pyridine rings is 1. The molecule has 0 fully saturated rings. The van der Waals surface area contributed by atoms with Gasteiger partial charge < -0.3 is 5.32 Å². The Bertz CT molecular complexity index is 1060. The van der Waals surface area contributed by atoms with Gasteiger partial charge in [-0.3, -0.25) is 9.78 Å². The van der Waals surface area contributed by atoms with E-state index in [1.54, 1.807) is 31.5 Å². The number of carbonyl (C=O) groups is 1. The van der Waals surface area contributed by atoms with Crippen LogP contribution in [0.15, 0.2) is 59.1 Å². The van der Waals surface area contributed by atoms with Crippen molar-refractivity contribution in [3.05, 3.63) is 64.7 Å². The third kappa shape index (κ3) is 4.45. The molecule has 1 N–H and O–H groups in total.